The number of anilines is 3. The van der Waals surface area contributed by atoms with Crippen LogP contribution in [0.5, 0.6) is 11.5 Å². The number of aromatic nitrogens is 2. The van der Waals surface area contributed by atoms with Gasteiger partial charge in [0.05, 0.1) is 29.4 Å². The maximum absolute atomic E-state index is 13.2. The topological polar surface area (TPSA) is 131 Å². The Labute approximate surface area is 210 Å². The third-order valence-electron chi connectivity index (χ3n) is 5.88. The van der Waals surface area contributed by atoms with Gasteiger partial charge in [0.1, 0.15) is 11.4 Å². The zero-order valence-corrected chi connectivity index (χ0v) is 20.3. The Bertz CT molecular complexity index is 1690. The number of aromatic amines is 2. The van der Waals surface area contributed by atoms with Gasteiger partial charge in [-0.2, -0.15) is 0 Å². The molecule has 0 unspecified atom stereocenters. The third kappa shape index (κ3) is 4.29. The van der Waals surface area contributed by atoms with Gasteiger partial charge in [-0.1, -0.05) is 24.3 Å². The molecule has 0 saturated carbocycles. The standard InChI is InChI=1S/C26H23N5O4S/c1-13-9-20(21(35-2)12-22(13)36)30-31-23-16-6-4-3-5-14(16)10-17(24(23)32)25(33)27-15-7-8-18-19(11-15)29-26(34)28-18/h3-12,30-32,36H,1-2H3,(H,27,33)(H2,28,29,34). The van der Waals surface area contributed by atoms with Crippen molar-refractivity contribution in [1.29, 1.82) is 0 Å². The Hall–Kier alpha value is -4.57. The number of thiol groups is 1. The highest BCUT2D eigenvalue weighted by atomic mass is 32.1. The summed E-state index contributed by atoms with van der Waals surface area (Å²) in [6, 6.07) is 17.7. The molecular formula is C26H23N5O4S. The molecule has 6 N–H and O–H groups in total. The number of ether oxygens (including phenoxy) is 1. The van der Waals surface area contributed by atoms with E-state index in [4.69, 9.17) is 4.74 Å². The van der Waals surface area contributed by atoms with Crippen LogP contribution in [-0.4, -0.2) is 28.1 Å². The highest BCUT2D eigenvalue weighted by Crippen LogP contribution is 2.38. The molecule has 10 heteroatoms. The summed E-state index contributed by atoms with van der Waals surface area (Å²) in [5, 5.41) is 15.4. The lowest BCUT2D eigenvalue weighted by atomic mass is 10.0. The molecule has 9 nitrogen and oxygen atoms in total. The highest BCUT2D eigenvalue weighted by Gasteiger charge is 2.19. The van der Waals surface area contributed by atoms with Crippen LogP contribution < -0.4 is 26.6 Å². The molecule has 5 rings (SSSR count). The van der Waals surface area contributed by atoms with Gasteiger partial charge in [0.2, 0.25) is 0 Å². The quantitative estimate of drug-likeness (QED) is 0.0994. The van der Waals surface area contributed by atoms with Crippen LogP contribution in [0.2, 0.25) is 0 Å². The number of phenolic OH excluding ortho intramolecular Hbond substituents is 1. The number of fused-ring (bicyclic) bond motifs is 2. The van der Waals surface area contributed by atoms with E-state index in [1.54, 1.807) is 37.4 Å². The number of hydrazine groups is 1. The molecule has 1 amide bonds. The van der Waals surface area contributed by atoms with E-state index in [1.165, 1.54) is 0 Å². The van der Waals surface area contributed by atoms with Gasteiger partial charge >= 0.3 is 5.69 Å². The maximum atomic E-state index is 13.2. The second-order valence-corrected chi connectivity index (χ2v) is 8.73. The van der Waals surface area contributed by atoms with Crippen LogP contribution >= 0.6 is 12.6 Å². The molecule has 0 radical (unpaired) electrons. The summed E-state index contributed by atoms with van der Waals surface area (Å²) >= 11 is 4.44. The van der Waals surface area contributed by atoms with E-state index < -0.39 is 5.91 Å². The van der Waals surface area contributed by atoms with Gasteiger partial charge < -0.3 is 25.1 Å². The smallest absolute Gasteiger partial charge is 0.323 e. The lowest BCUT2D eigenvalue weighted by Gasteiger charge is -2.18. The van der Waals surface area contributed by atoms with Crippen LogP contribution in [0.25, 0.3) is 21.8 Å². The Morgan fingerprint density at radius 1 is 1.00 bits per heavy atom. The molecule has 0 spiro atoms. The van der Waals surface area contributed by atoms with Crippen LogP contribution in [0.4, 0.5) is 17.1 Å². The Kier molecular flexibility index (Phi) is 5.95. The molecule has 4 aromatic carbocycles. The number of aromatic hydroxyl groups is 1. The molecule has 0 aliphatic heterocycles. The SMILES string of the molecule is COc1cc(S)c(C)cc1NNc1c(O)c(C(=O)Nc2ccc3[nH]c(=O)[nH]c3c2)cc2ccccc12. The first kappa shape index (κ1) is 23.2. The van der Waals surface area contributed by atoms with E-state index in [0.717, 1.165) is 15.8 Å². The molecule has 182 valence electrons. The lowest BCUT2D eigenvalue weighted by Crippen LogP contribution is -2.15. The maximum Gasteiger partial charge on any atom is 0.323 e. The number of benzene rings is 4. The second kappa shape index (κ2) is 9.23. The van der Waals surface area contributed by atoms with Crippen molar-refractivity contribution >= 4 is 57.4 Å². The lowest BCUT2D eigenvalue weighted by molar-refractivity contribution is 0.102. The Balaban J connectivity index is 1.50. The highest BCUT2D eigenvalue weighted by molar-refractivity contribution is 7.80. The third-order valence-corrected chi connectivity index (χ3v) is 6.36. The number of rotatable bonds is 6. The molecule has 0 aliphatic rings. The number of methoxy groups -OCH3 is 1. The average molecular weight is 502 g/mol. The van der Waals surface area contributed by atoms with Crippen molar-refractivity contribution < 1.29 is 14.6 Å². The Morgan fingerprint density at radius 2 is 1.78 bits per heavy atom. The molecule has 36 heavy (non-hydrogen) atoms. The van der Waals surface area contributed by atoms with Gasteiger partial charge in [-0.3, -0.25) is 15.6 Å². The van der Waals surface area contributed by atoms with Crippen LogP contribution in [0.3, 0.4) is 0 Å². The fraction of sp³-hybridized carbons (Fsp3) is 0.0769. The van der Waals surface area contributed by atoms with Crippen LogP contribution in [-0.2, 0) is 0 Å². The average Bonchev–Trinajstić information content (AvgIpc) is 3.24. The van der Waals surface area contributed by atoms with E-state index in [9.17, 15) is 14.7 Å². The van der Waals surface area contributed by atoms with E-state index in [2.05, 4.69) is 38.8 Å². The number of imidazole rings is 1. The number of hydrogen-bond acceptors (Lipinski definition) is 7. The molecule has 0 fully saturated rings. The minimum absolute atomic E-state index is 0.0783. The summed E-state index contributed by atoms with van der Waals surface area (Å²) in [4.78, 5) is 30.8. The number of carbonyl (C=O) groups is 1. The van der Waals surface area contributed by atoms with Crippen LogP contribution in [0.15, 0.2) is 70.4 Å². The molecule has 0 saturated heterocycles. The molecule has 5 aromatic rings. The fourth-order valence-electron chi connectivity index (χ4n) is 4.02. The van der Waals surface area contributed by atoms with Crippen molar-refractivity contribution in [2.45, 2.75) is 11.8 Å². The molecule has 0 aliphatic carbocycles. The predicted octanol–water partition coefficient (Wildman–Crippen LogP) is 5.01. The van der Waals surface area contributed by atoms with Crippen molar-refractivity contribution in [3.63, 3.8) is 0 Å². The van der Waals surface area contributed by atoms with Crippen molar-refractivity contribution in [2.24, 2.45) is 0 Å². The van der Waals surface area contributed by atoms with E-state index in [-0.39, 0.29) is 17.0 Å². The number of hydrogen-bond donors (Lipinski definition) is 7. The van der Waals surface area contributed by atoms with Gasteiger partial charge in [0.15, 0.2) is 5.75 Å². The van der Waals surface area contributed by atoms with Gasteiger partial charge in [-0.15, -0.1) is 12.6 Å². The summed E-state index contributed by atoms with van der Waals surface area (Å²) in [5.41, 5.74) is 9.44. The number of nitrogens with one attached hydrogen (secondary N) is 5. The molecule has 0 atom stereocenters. The fourth-order valence-corrected chi connectivity index (χ4v) is 4.20. The molecule has 1 heterocycles. The number of amides is 1. The zero-order chi connectivity index (χ0) is 25.4. The number of phenols is 1. The van der Waals surface area contributed by atoms with E-state index >= 15 is 0 Å². The summed E-state index contributed by atoms with van der Waals surface area (Å²) < 4.78 is 5.45. The van der Waals surface area contributed by atoms with Gasteiger partial charge in [0, 0.05) is 16.0 Å². The van der Waals surface area contributed by atoms with Crippen molar-refractivity contribution in [1.82, 2.24) is 9.97 Å². The van der Waals surface area contributed by atoms with Gasteiger partial charge in [-0.05, 0) is 54.3 Å². The number of aryl methyl sites for hydroxylation is 1. The van der Waals surface area contributed by atoms with Crippen LogP contribution in [0, 0.1) is 6.92 Å². The molecule has 1 aromatic heterocycles. The van der Waals surface area contributed by atoms with Crippen molar-refractivity contribution in [3.8, 4) is 11.5 Å². The first-order valence-corrected chi connectivity index (χ1v) is 11.5. The van der Waals surface area contributed by atoms with Gasteiger partial charge in [0.25, 0.3) is 5.91 Å². The monoisotopic (exact) mass is 501 g/mol. The summed E-state index contributed by atoms with van der Waals surface area (Å²) in [6.45, 7) is 1.92. The number of H-pyrrole nitrogens is 2. The zero-order valence-electron chi connectivity index (χ0n) is 19.4. The minimum atomic E-state index is -0.508. The largest absolute Gasteiger partial charge is 0.505 e. The summed E-state index contributed by atoms with van der Waals surface area (Å²) in [7, 11) is 1.56. The van der Waals surface area contributed by atoms with E-state index in [0.29, 0.717) is 39.2 Å². The van der Waals surface area contributed by atoms with Gasteiger partial charge in [-0.25, -0.2) is 4.79 Å². The second-order valence-electron chi connectivity index (χ2n) is 8.25. The normalized spacial score (nSPS) is 11.0. The summed E-state index contributed by atoms with van der Waals surface area (Å²) in [6.07, 6.45) is 0. The number of carbonyl (C=O) groups excluding carboxylic acids is 1. The summed E-state index contributed by atoms with van der Waals surface area (Å²) in [5.74, 6) is -0.170. The van der Waals surface area contributed by atoms with E-state index in [1.807, 2.05) is 37.3 Å². The molecular weight excluding hydrogens is 478 g/mol. The predicted molar refractivity (Wildman–Crippen MR) is 145 cm³/mol. The first-order chi connectivity index (χ1) is 17.3. The van der Waals surface area contributed by atoms with Crippen molar-refractivity contribution in [2.75, 3.05) is 23.3 Å². The first-order valence-electron chi connectivity index (χ1n) is 11.0. The van der Waals surface area contributed by atoms with Crippen LogP contribution in [0.1, 0.15) is 15.9 Å². The minimum Gasteiger partial charge on any atom is -0.505 e. The van der Waals surface area contributed by atoms with Crippen molar-refractivity contribution in [3.05, 3.63) is 82.3 Å². The Morgan fingerprint density at radius 3 is 2.58 bits per heavy atom. The molecule has 0 bridgehead atoms.